The number of esters is 1. The molecule has 0 rings (SSSR count). The van der Waals surface area contributed by atoms with Crippen molar-refractivity contribution in [3.8, 4) is 0 Å². The van der Waals surface area contributed by atoms with Crippen molar-refractivity contribution >= 4 is 11.9 Å². The van der Waals surface area contributed by atoms with E-state index in [1.54, 1.807) is 0 Å². The SMILES string of the molecule is CCCCCCCC/C=C\C/C=C/C(CC(=O)NC(CO)C(O)CCCCCCCCCCC)OC(=O)CCCCCCCCCCCCCCC. The van der Waals surface area contributed by atoms with Gasteiger partial charge in [0.05, 0.1) is 25.2 Å². The van der Waals surface area contributed by atoms with Crippen LogP contribution >= 0.6 is 0 Å². The van der Waals surface area contributed by atoms with Gasteiger partial charge in [-0.1, -0.05) is 206 Å². The maximum atomic E-state index is 13.0. The van der Waals surface area contributed by atoms with E-state index >= 15 is 0 Å². The Morgan fingerprint density at radius 2 is 1.02 bits per heavy atom. The third-order valence-electron chi connectivity index (χ3n) is 10.3. The molecule has 3 atom stereocenters. The number of aliphatic hydroxyl groups is 2. The minimum atomic E-state index is -0.803. The van der Waals surface area contributed by atoms with Crippen molar-refractivity contribution < 1.29 is 24.5 Å². The van der Waals surface area contributed by atoms with Crippen molar-refractivity contribution in [1.29, 1.82) is 0 Å². The number of carbonyl (C=O) groups excluding carboxylic acids is 2. The number of unbranched alkanes of at least 4 members (excludes halogenated alkanes) is 26. The molecule has 0 radical (unpaired) electrons. The van der Waals surface area contributed by atoms with Gasteiger partial charge in [-0.3, -0.25) is 9.59 Å². The van der Waals surface area contributed by atoms with Gasteiger partial charge in [-0.25, -0.2) is 0 Å². The third-order valence-corrected chi connectivity index (χ3v) is 10.3. The van der Waals surface area contributed by atoms with Gasteiger partial charge in [0.1, 0.15) is 6.10 Å². The van der Waals surface area contributed by atoms with Gasteiger partial charge in [-0.15, -0.1) is 0 Å². The Balaban J connectivity index is 4.66. The van der Waals surface area contributed by atoms with E-state index < -0.39 is 18.2 Å². The highest BCUT2D eigenvalue weighted by Crippen LogP contribution is 2.16. The van der Waals surface area contributed by atoms with Gasteiger partial charge in [0.2, 0.25) is 5.91 Å². The van der Waals surface area contributed by atoms with E-state index in [9.17, 15) is 19.8 Å². The number of rotatable bonds is 40. The monoisotopic (exact) mass is 734 g/mol. The van der Waals surface area contributed by atoms with Crippen LogP contribution in [0.2, 0.25) is 0 Å². The molecule has 0 aromatic carbocycles. The molecule has 0 aromatic rings. The summed E-state index contributed by atoms with van der Waals surface area (Å²) in [4.78, 5) is 25.8. The molecule has 0 saturated heterocycles. The first-order valence-corrected chi connectivity index (χ1v) is 22.6. The summed E-state index contributed by atoms with van der Waals surface area (Å²) in [5.74, 6) is -0.597. The summed E-state index contributed by atoms with van der Waals surface area (Å²) in [5.41, 5.74) is 0. The zero-order chi connectivity index (χ0) is 38.2. The normalized spacial score (nSPS) is 13.6. The molecule has 0 spiro atoms. The van der Waals surface area contributed by atoms with Gasteiger partial charge in [0.15, 0.2) is 0 Å². The number of amides is 1. The minimum Gasteiger partial charge on any atom is -0.458 e. The molecule has 6 heteroatoms. The fraction of sp³-hybridized carbons (Fsp3) is 0.870. The first-order chi connectivity index (χ1) is 25.5. The van der Waals surface area contributed by atoms with Crippen LogP contribution in [0.25, 0.3) is 0 Å². The van der Waals surface area contributed by atoms with Gasteiger partial charge in [0, 0.05) is 6.42 Å². The standard InChI is InChI=1S/C46H87NO5/c1-4-7-10-13-16-19-21-22-24-27-30-33-36-39-46(51)52-42(37-34-31-28-26-23-20-17-14-11-8-5-2)40-45(50)47-43(41-48)44(49)38-35-32-29-25-18-15-12-9-6-3/h26,28,34,37,42-44,48-49H,4-25,27,29-33,35-36,38-41H2,1-3H3,(H,47,50)/b28-26-,37-34+. The molecule has 3 unspecified atom stereocenters. The molecule has 52 heavy (non-hydrogen) atoms. The minimum absolute atomic E-state index is 0.0242. The number of hydrogen-bond donors (Lipinski definition) is 3. The zero-order valence-corrected chi connectivity index (χ0v) is 34.7. The van der Waals surface area contributed by atoms with Gasteiger partial charge in [-0.05, 0) is 38.2 Å². The lowest BCUT2D eigenvalue weighted by Gasteiger charge is -2.23. The predicted octanol–water partition coefficient (Wildman–Crippen LogP) is 12.8. The summed E-state index contributed by atoms with van der Waals surface area (Å²) in [6.45, 7) is 6.41. The lowest BCUT2D eigenvalue weighted by atomic mass is 10.0. The summed E-state index contributed by atoms with van der Waals surface area (Å²) < 4.78 is 5.79. The second-order valence-electron chi connectivity index (χ2n) is 15.5. The fourth-order valence-corrected chi connectivity index (χ4v) is 6.81. The van der Waals surface area contributed by atoms with Gasteiger partial charge >= 0.3 is 5.97 Å². The van der Waals surface area contributed by atoms with Crippen molar-refractivity contribution in [1.82, 2.24) is 5.32 Å². The maximum Gasteiger partial charge on any atom is 0.306 e. The largest absolute Gasteiger partial charge is 0.458 e. The highest BCUT2D eigenvalue weighted by Gasteiger charge is 2.23. The highest BCUT2D eigenvalue weighted by atomic mass is 16.5. The van der Waals surface area contributed by atoms with Crippen molar-refractivity contribution in [2.24, 2.45) is 0 Å². The Morgan fingerprint density at radius 3 is 1.50 bits per heavy atom. The molecule has 0 heterocycles. The molecular weight excluding hydrogens is 647 g/mol. The van der Waals surface area contributed by atoms with Crippen molar-refractivity contribution in [2.45, 2.75) is 251 Å². The van der Waals surface area contributed by atoms with E-state index in [0.29, 0.717) is 12.8 Å². The molecule has 1 amide bonds. The molecule has 0 fully saturated rings. The smallest absolute Gasteiger partial charge is 0.306 e. The van der Waals surface area contributed by atoms with Crippen LogP contribution in [-0.2, 0) is 14.3 Å². The quantitative estimate of drug-likeness (QED) is 0.0331. The fourth-order valence-electron chi connectivity index (χ4n) is 6.81. The Morgan fingerprint density at radius 1 is 0.577 bits per heavy atom. The third kappa shape index (κ3) is 35.4. The summed E-state index contributed by atoms with van der Waals surface area (Å²) in [6, 6.07) is -0.724. The van der Waals surface area contributed by atoms with Crippen molar-refractivity contribution in [2.75, 3.05) is 6.61 Å². The second-order valence-corrected chi connectivity index (χ2v) is 15.5. The van der Waals surface area contributed by atoms with Gasteiger partial charge < -0.3 is 20.3 Å². The molecule has 0 aliphatic rings. The molecule has 0 aliphatic heterocycles. The van der Waals surface area contributed by atoms with Crippen LogP contribution in [0.15, 0.2) is 24.3 Å². The molecule has 0 saturated carbocycles. The molecule has 3 N–H and O–H groups in total. The summed E-state index contributed by atoms with van der Waals surface area (Å²) >= 11 is 0. The molecule has 0 bridgehead atoms. The number of hydrogen-bond acceptors (Lipinski definition) is 5. The van der Waals surface area contributed by atoms with E-state index in [1.165, 1.54) is 141 Å². The van der Waals surface area contributed by atoms with E-state index in [-0.39, 0.29) is 24.9 Å². The number of carbonyl (C=O) groups is 2. The first kappa shape index (κ1) is 50.3. The molecule has 6 nitrogen and oxygen atoms in total. The summed E-state index contributed by atoms with van der Waals surface area (Å²) in [7, 11) is 0. The number of allylic oxidation sites excluding steroid dienone is 3. The van der Waals surface area contributed by atoms with E-state index in [0.717, 1.165) is 51.4 Å². The Hall–Kier alpha value is -1.66. The Labute approximate surface area is 322 Å². The van der Waals surface area contributed by atoms with Crippen LogP contribution in [0.5, 0.6) is 0 Å². The van der Waals surface area contributed by atoms with Crippen LogP contribution in [0.3, 0.4) is 0 Å². The first-order valence-electron chi connectivity index (χ1n) is 22.6. The van der Waals surface area contributed by atoms with Crippen LogP contribution < -0.4 is 5.32 Å². The van der Waals surface area contributed by atoms with Crippen LogP contribution in [-0.4, -0.2) is 46.9 Å². The zero-order valence-electron chi connectivity index (χ0n) is 34.7. The molecule has 0 aliphatic carbocycles. The lowest BCUT2D eigenvalue weighted by molar-refractivity contribution is -0.148. The van der Waals surface area contributed by atoms with Crippen LogP contribution in [0.1, 0.15) is 233 Å². The summed E-state index contributed by atoms with van der Waals surface area (Å²) in [5, 5.41) is 23.5. The molecule has 0 aromatic heterocycles. The summed E-state index contributed by atoms with van der Waals surface area (Å²) in [6.07, 6.45) is 44.1. The van der Waals surface area contributed by atoms with E-state index in [1.807, 2.05) is 12.2 Å². The molecular formula is C46H87NO5. The lowest BCUT2D eigenvalue weighted by Crippen LogP contribution is -2.46. The van der Waals surface area contributed by atoms with Crippen LogP contribution in [0, 0.1) is 0 Å². The Bertz CT molecular complexity index is 828. The van der Waals surface area contributed by atoms with Crippen molar-refractivity contribution in [3.05, 3.63) is 24.3 Å². The average molecular weight is 734 g/mol. The number of aliphatic hydroxyl groups excluding tert-OH is 2. The molecule has 306 valence electrons. The van der Waals surface area contributed by atoms with Gasteiger partial charge in [-0.2, -0.15) is 0 Å². The maximum absolute atomic E-state index is 13.0. The van der Waals surface area contributed by atoms with E-state index in [2.05, 4.69) is 38.2 Å². The van der Waals surface area contributed by atoms with Crippen LogP contribution in [0.4, 0.5) is 0 Å². The van der Waals surface area contributed by atoms with Crippen molar-refractivity contribution in [3.63, 3.8) is 0 Å². The highest BCUT2D eigenvalue weighted by molar-refractivity contribution is 5.78. The number of ether oxygens (including phenoxy) is 1. The Kier molecular flexibility index (Phi) is 39.2. The number of nitrogens with one attached hydrogen (secondary N) is 1. The topological polar surface area (TPSA) is 95.9 Å². The predicted molar refractivity (Wildman–Crippen MR) is 223 cm³/mol. The van der Waals surface area contributed by atoms with Gasteiger partial charge in [0.25, 0.3) is 0 Å². The van der Waals surface area contributed by atoms with E-state index in [4.69, 9.17) is 4.74 Å². The second kappa shape index (κ2) is 40.5. The average Bonchev–Trinajstić information content (AvgIpc) is 3.13.